The van der Waals surface area contributed by atoms with E-state index < -0.39 is 28.3 Å². The number of hydrogen-bond acceptors (Lipinski definition) is 6. The van der Waals surface area contributed by atoms with E-state index in [9.17, 15) is 22.8 Å². The minimum Gasteiger partial charge on any atom is -0.444 e. The highest BCUT2D eigenvalue weighted by molar-refractivity contribution is 7.15. The molecule has 2 amide bonds. The predicted molar refractivity (Wildman–Crippen MR) is 91.4 cm³/mol. The molecule has 2 fully saturated rings. The molecular formula is C16H21F3N4O3S. The number of ether oxygens (including phenoxy) is 1. The number of piperidine rings is 1. The first-order valence-electron chi connectivity index (χ1n) is 8.62. The molecule has 150 valence electrons. The molecule has 27 heavy (non-hydrogen) atoms. The normalized spacial score (nSPS) is 20.4. The van der Waals surface area contributed by atoms with Crippen molar-refractivity contribution in [2.75, 3.05) is 24.5 Å². The summed E-state index contributed by atoms with van der Waals surface area (Å²) in [5.74, 6) is -0.240. The van der Waals surface area contributed by atoms with Gasteiger partial charge in [0.2, 0.25) is 16.0 Å². The Kier molecular flexibility index (Phi) is 4.86. The third kappa shape index (κ3) is 4.02. The van der Waals surface area contributed by atoms with E-state index in [1.54, 1.807) is 25.7 Å². The lowest BCUT2D eigenvalue weighted by Gasteiger charge is -2.38. The van der Waals surface area contributed by atoms with E-state index in [1.807, 2.05) is 0 Å². The number of likely N-dealkylation sites (tertiary alicyclic amines) is 1. The summed E-state index contributed by atoms with van der Waals surface area (Å²) in [6, 6.07) is 0. The van der Waals surface area contributed by atoms with Crippen LogP contribution in [0, 0.1) is 5.41 Å². The number of carbonyl (C=O) groups excluding carboxylic acids is 2. The van der Waals surface area contributed by atoms with Crippen LogP contribution in [0.1, 0.15) is 45.0 Å². The summed E-state index contributed by atoms with van der Waals surface area (Å²) < 4.78 is 43.5. The van der Waals surface area contributed by atoms with Gasteiger partial charge in [-0.25, -0.2) is 4.79 Å². The molecule has 11 heteroatoms. The highest BCUT2D eigenvalue weighted by Crippen LogP contribution is 2.44. The largest absolute Gasteiger partial charge is 0.445 e. The summed E-state index contributed by atoms with van der Waals surface area (Å²) in [5.41, 5.74) is -1.26. The molecule has 0 atom stereocenters. The first-order chi connectivity index (χ1) is 12.4. The summed E-state index contributed by atoms with van der Waals surface area (Å²) in [6.45, 7) is 6.40. The molecule has 0 aliphatic carbocycles. The number of amides is 2. The molecule has 2 aliphatic rings. The Morgan fingerprint density at radius 2 is 1.70 bits per heavy atom. The van der Waals surface area contributed by atoms with Crippen LogP contribution in [0.3, 0.4) is 0 Å². The van der Waals surface area contributed by atoms with Crippen molar-refractivity contribution >= 4 is 28.5 Å². The number of anilines is 1. The van der Waals surface area contributed by atoms with Gasteiger partial charge in [-0.3, -0.25) is 9.69 Å². The number of carbonyl (C=O) groups is 2. The average molecular weight is 406 g/mol. The van der Waals surface area contributed by atoms with Crippen LogP contribution < -0.4 is 4.90 Å². The number of halogens is 3. The lowest BCUT2D eigenvalue weighted by atomic mass is 9.77. The lowest BCUT2D eigenvalue weighted by Crippen LogP contribution is -2.48. The third-order valence-corrected chi connectivity index (χ3v) is 5.76. The number of alkyl halides is 3. The summed E-state index contributed by atoms with van der Waals surface area (Å²) >= 11 is 0.373. The second kappa shape index (κ2) is 6.61. The molecule has 0 radical (unpaired) electrons. The topological polar surface area (TPSA) is 75.6 Å². The van der Waals surface area contributed by atoms with E-state index >= 15 is 0 Å². The Morgan fingerprint density at radius 1 is 1.11 bits per heavy atom. The Morgan fingerprint density at radius 3 is 2.22 bits per heavy atom. The quantitative estimate of drug-likeness (QED) is 0.715. The van der Waals surface area contributed by atoms with Gasteiger partial charge in [0, 0.05) is 19.6 Å². The lowest BCUT2D eigenvalue weighted by molar-refractivity contribution is -0.138. The van der Waals surface area contributed by atoms with Crippen molar-refractivity contribution in [2.45, 2.75) is 51.8 Å². The van der Waals surface area contributed by atoms with Gasteiger partial charge in [0.15, 0.2) is 0 Å². The molecule has 1 spiro atoms. The molecule has 0 unspecified atom stereocenters. The Balaban J connectivity index is 1.65. The maximum absolute atomic E-state index is 12.9. The fourth-order valence-corrected chi connectivity index (χ4v) is 4.09. The van der Waals surface area contributed by atoms with Crippen LogP contribution >= 0.6 is 11.3 Å². The highest BCUT2D eigenvalue weighted by atomic mass is 32.1. The molecule has 1 aromatic rings. The van der Waals surface area contributed by atoms with Crippen LogP contribution in [0.25, 0.3) is 0 Å². The van der Waals surface area contributed by atoms with E-state index in [-0.39, 0.29) is 11.0 Å². The van der Waals surface area contributed by atoms with Crippen LogP contribution in [0.2, 0.25) is 0 Å². The smallest absolute Gasteiger partial charge is 0.444 e. The van der Waals surface area contributed by atoms with Crippen LogP contribution in [-0.2, 0) is 15.7 Å². The maximum Gasteiger partial charge on any atom is 0.445 e. The van der Waals surface area contributed by atoms with E-state index in [0.29, 0.717) is 50.2 Å². The second-order valence-electron chi connectivity index (χ2n) is 7.84. The first-order valence-corrected chi connectivity index (χ1v) is 9.44. The van der Waals surface area contributed by atoms with E-state index in [1.165, 1.54) is 4.90 Å². The fourth-order valence-electron chi connectivity index (χ4n) is 3.35. The molecular weight excluding hydrogens is 385 g/mol. The minimum atomic E-state index is -4.57. The van der Waals surface area contributed by atoms with Crippen molar-refractivity contribution in [3.8, 4) is 0 Å². The van der Waals surface area contributed by atoms with Crippen LogP contribution in [-0.4, -0.2) is 52.3 Å². The van der Waals surface area contributed by atoms with Gasteiger partial charge in [-0.1, -0.05) is 11.3 Å². The van der Waals surface area contributed by atoms with Crippen molar-refractivity contribution < 1.29 is 27.5 Å². The highest BCUT2D eigenvalue weighted by Gasteiger charge is 2.50. The van der Waals surface area contributed by atoms with Gasteiger partial charge >= 0.3 is 12.3 Å². The van der Waals surface area contributed by atoms with Crippen LogP contribution in [0.15, 0.2) is 0 Å². The predicted octanol–water partition coefficient (Wildman–Crippen LogP) is 3.31. The molecule has 3 heterocycles. The Hall–Kier alpha value is -1.91. The molecule has 7 nitrogen and oxygen atoms in total. The van der Waals surface area contributed by atoms with Crippen molar-refractivity contribution in [2.24, 2.45) is 5.41 Å². The average Bonchev–Trinajstić information content (AvgIpc) is 3.13. The second-order valence-corrected chi connectivity index (χ2v) is 8.80. The van der Waals surface area contributed by atoms with Crippen molar-refractivity contribution in [1.29, 1.82) is 0 Å². The maximum atomic E-state index is 12.9. The van der Waals surface area contributed by atoms with Crippen LogP contribution in [0.4, 0.5) is 23.1 Å². The van der Waals surface area contributed by atoms with Crippen LogP contribution in [0.5, 0.6) is 0 Å². The van der Waals surface area contributed by atoms with Gasteiger partial charge < -0.3 is 9.64 Å². The van der Waals surface area contributed by atoms with E-state index in [2.05, 4.69) is 10.2 Å². The van der Waals surface area contributed by atoms with Crippen molar-refractivity contribution in [3.05, 3.63) is 5.01 Å². The SMILES string of the molecule is CC(C)(C)OC(=O)N1CCC2(CC1)CCN(c1nnc(C(F)(F)F)s1)C2=O. The van der Waals surface area contributed by atoms with Gasteiger partial charge in [-0.05, 0) is 40.0 Å². The molecule has 0 bridgehead atoms. The van der Waals surface area contributed by atoms with E-state index in [0.717, 1.165) is 0 Å². The fraction of sp³-hybridized carbons (Fsp3) is 0.750. The standard InChI is InChI=1S/C16H21F3N4O3S/c1-14(2,3)26-13(25)22-7-4-15(5-8-22)6-9-23(11(15)24)12-21-20-10(27-12)16(17,18)19/h4-9H2,1-3H3. The van der Waals surface area contributed by atoms with E-state index in [4.69, 9.17) is 4.74 Å². The summed E-state index contributed by atoms with van der Waals surface area (Å²) in [4.78, 5) is 27.9. The summed E-state index contributed by atoms with van der Waals surface area (Å²) in [6.07, 6.45) is -3.57. The first kappa shape index (κ1) is 19.8. The molecule has 0 N–H and O–H groups in total. The zero-order valence-corrected chi connectivity index (χ0v) is 16.1. The molecule has 2 aliphatic heterocycles. The Labute approximate surface area is 158 Å². The van der Waals surface area contributed by atoms with Gasteiger partial charge in [0.05, 0.1) is 5.41 Å². The van der Waals surface area contributed by atoms with Crippen molar-refractivity contribution in [3.63, 3.8) is 0 Å². The molecule has 0 aromatic carbocycles. The number of rotatable bonds is 1. The molecule has 2 saturated heterocycles. The molecule has 1 aromatic heterocycles. The monoisotopic (exact) mass is 406 g/mol. The number of hydrogen-bond donors (Lipinski definition) is 0. The molecule has 0 saturated carbocycles. The minimum absolute atomic E-state index is 0.0289. The zero-order valence-electron chi connectivity index (χ0n) is 15.3. The van der Waals surface area contributed by atoms with Gasteiger partial charge in [-0.2, -0.15) is 13.2 Å². The third-order valence-electron chi connectivity index (χ3n) is 4.77. The zero-order chi connectivity index (χ0) is 20.0. The van der Waals surface area contributed by atoms with Gasteiger partial charge in [-0.15, -0.1) is 10.2 Å². The Bertz CT molecular complexity index is 736. The van der Waals surface area contributed by atoms with Gasteiger partial charge in [0.25, 0.3) is 0 Å². The number of nitrogens with zero attached hydrogens (tertiary/aromatic N) is 4. The van der Waals surface area contributed by atoms with Gasteiger partial charge in [0.1, 0.15) is 5.60 Å². The van der Waals surface area contributed by atoms with Crippen molar-refractivity contribution in [1.82, 2.24) is 15.1 Å². The summed E-state index contributed by atoms with van der Waals surface area (Å²) in [7, 11) is 0. The number of aromatic nitrogens is 2. The molecule has 3 rings (SSSR count). The summed E-state index contributed by atoms with van der Waals surface area (Å²) in [5, 5.41) is 5.60.